The van der Waals surface area contributed by atoms with Gasteiger partial charge in [-0.2, -0.15) is 0 Å². The van der Waals surface area contributed by atoms with Crippen LogP contribution in [0.5, 0.6) is 0 Å². The first kappa shape index (κ1) is 18.4. The topological polar surface area (TPSA) is 54.9 Å². The first-order valence-electron chi connectivity index (χ1n) is 9.42. The molecule has 1 aromatic carbocycles. The van der Waals surface area contributed by atoms with Crippen LogP contribution in [0.2, 0.25) is 0 Å². The smallest absolute Gasteiger partial charge is 0.230 e. The summed E-state index contributed by atoms with van der Waals surface area (Å²) < 4.78 is 0. The lowest BCUT2D eigenvalue weighted by atomic mass is 10.1. The molecule has 0 fully saturated rings. The Morgan fingerprint density at radius 3 is 2.85 bits per heavy atom. The highest BCUT2D eigenvalue weighted by Crippen LogP contribution is 2.39. The number of thioether (sulfide) groups is 1. The van der Waals surface area contributed by atoms with E-state index in [1.165, 1.54) is 39.6 Å². The summed E-state index contributed by atoms with van der Waals surface area (Å²) in [4.78, 5) is 23.9. The highest BCUT2D eigenvalue weighted by atomic mass is 32.2. The number of rotatable bonds is 6. The molecule has 0 spiro atoms. The number of hydrogen-bond acceptors (Lipinski definition) is 5. The van der Waals surface area contributed by atoms with Gasteiger partial charge in [0.05, 0.1) is 11.8 Å². The summed E-state index contributed by atoms with van der Waals surface area (Å²) in [6, 6.07) is 8.45. The van der Waals surface area contributed by atoms with Gasteiger partial charge in [0.15, 0.2) is 0 Å². The quantitative estimate of drug-likeness (QED) is 0.483. The Bertz CT molecular complexity index is 965. The molecule has 2 heterocycles. The van der Waals surface area contributed by atoms with E-state index in [9.17, 15) is 4.79 Å². The molecule has 1 aliphatic carbocycles. The SMILES string of the molecule is CCc1ccc([C@@H](C)NC(=O)CSc2ncnc3sc4c(c23)CCC4)cc1. The number of nitrogens with one attached hydrogen (secondary N) is 1. The second-order valence-electron chi connectivity index (χ2n) is 6.89. The molecule has 4 nitrogen and oxygen atoms in total. The van der Waals surface area contributed by atoms with Crippen molar-refractivity contribution in [1.82, 2.24) is 15.3 Å². The zero-order chi connectivity index (χ0) is 18.8. The Balaban J connectivity index is 1.41. The van der Waals surface area contributed by atoms with Crippen LogP contribution in [0.4, 0.5) is 0 Å². The lowest BCUT2D eigenvalue weighted by Gasteiger charge is -2.14. The van der Waals surface area contributed by atoms with Crippen LogP contribution in [0, 0.1) is 0 Å². The Labute approximate surface area is 167 Å². The molecule has 4 rings (SSSR count). The lowest BCUT2D eigenvalue weighted by molar-refractivity contribution is -0.119. The van der Waals surface area contributed by atoms with Crippen molar-refractivity contribution in [2.75, 3.05) is 5.75 Å². The van der Waals surface area contributed by atoms with E-state index < -0.39 is 0 Å². The number of aromatic nitrogens is 2. The number of carbonyl (C=O) groups excluding carboxylic acids is 1. The maximum atomic E-state index is 12.5. The number of thiophene rings is 1. The average Bonchev–Trinajstić information content (AvgIpc) is 3.27. The van der Waals surface area contributed by atoms with Crippen molar-refractivity contribution in [3.05, 3.63) is 52.2 Å². The third-order valence-corrected chi connectivity index (χ3v) is 7.26. The normalized spacial score (nSPS) is 14.3. The summed E-state index contributed by atoms with van der Waals surface area (Å²) in [5, 5.41) is 5.21. The van der Waals surface area contributed by atoms with Crippen LogP contribution >= 0.6 is 23.1 Å². The van der Waals surface area contributed by atoms with Crippen molar-refractivity contribution in [3.63, 3.8) is 0 Å². The molecule has 1 aliphatic rings. The second-order valence-corrected chi connectivity index (χ2v) is 8.94. The maximum Gasteiger partial charge on any atom is 0.230 e. The summed E-state index contributed by atoms with van der Waals surface area (Å²) >= 11 is 3.30. The Hall–Kier alpha value is -1.92. The van der Waals surface area contributed by atoms with Gasteiger partial charge in [-0.3, -0.25) is 4.79 Å². The van der Waals surface area contributed by atoms with E-state index in [0.717, 1.165) is 34.7 Å². The molecule has 1 atom stereocenters. The van der Waals surface area contributed by atoms with Crippen molar-refractivity contribution in [2.24, 2.45) is 0 Å². The van der Waals surface area contributed by atoms with E-state index in [1.54, 1.807) is 17.7 Å². The average molecular weight is 398 g/mol. The highest BCUT2D eigenvalue weighted by Gasteiger charge is 2.21. The molecule has 0 bridgehead atoms. The van der Waals surface area contributed by atoms with E-state index in [0.29, 0.717) is 5.75 Å². The van der Waals surface area contributed by atoms with E-state index >= 15 is 0 Å². The van der Waals surface area contributed by atoms with Crippen LogP contribution < -0.4 is 5.32 Å². The van der Waals surface area contributed by atoms with E-state index in [2.05, 4.69) is 46.5 Å². The van der Waals surface area contributed by atoms with Crippen LogP contribution in [0.3, 0.4) is 0 Å². The minimum absolute atomic E-state index is 0.000168. The summed E-state index contributed by atoms with van der Waals surface area (Å²) in [6.45, 7) is 4.17. The van der Waals surface area contributed by atoms with Crippen molar-refractivity contribution < 1.29 is 4.79 Å². The first-order chi connectivity index (χ1) is 13.2. The first-order valence-corrected chi connectivity index (χ1v) is 11.2. The van der Waals surface area contributed by atoms with Gasteiger partial charge in [0.1, 0.15) is 16.2 Å². The van der Waals surface area contributed by atoms with Gasteiger partial charge in [-0.15, -0.1) is 11.3 Å². The number of fused-ring (bicyclic) bond motifs is 3. The van der Waals surface area contributed by atoms with Crippen LogP contribution in [0.25, 0.3) is 10.2 Å². The number of benzene rings is 1. The molecule has 0 radical (unpaired) electrons. The van der Waals surface area contributed by atoms with Gasteiger partial charge < -0.3 is 5.32 Å². The van der Waals surface area contributed by atoms with Gasteiger partial charge in [-0.05, 0) is 49.3 Å². The molecule has 0 aliphatic heterocycles. The Morgan fingerprint density at radius 1 is 1.26 bits per heavy atom. The van der Waals surface area contributed by atoms with E-state index in [-0.39, 0.29) is 11.9 Å². The molecule has 0 saturated carbocycles. The van der Waals surface area contributed by atoms with Gasteiger partial charge in [0.2, 0.25) is 5.91 Å². The molecule has 6 heteroatoms. The fourth-order valence-corrected chi connectivity index (χ4v) is 5.68. The molecule has 140 valence electrons. The van der Waals surface area contributed by atoms with Gasteiger partial charge in [-0.1, -0.05) is 43.0 Å². The predicted octanol–water partition coefficient (Wildman–Crippen LogP) is 4.71. The number of carbonyl (C=O) groups is 1. The molecular weight excluding hydrogens is 374 g/mol. The Morgan fingerprint density at radius 2 is 2.07 bits per heavy atom. The van der Waals surface area contributed by atoms with Crippen LogP contribution in [0.15, 0.2) is 35.6 Å². The highest BCUT2D eigenvalue weighted by molar-refractivity contribution is 8.00. The van der Waals surface area contributed by atoms with Gasteiger partial charge >= 0.3 is 0 Å². The van der Waals surface area contributed by atoms with Crippen LogP contribution in [0.1, 0.15) is 47.9 Å². The molecule has 3 aromatic rings. The Kier molecular flexibility index (Phi) is 5.45. The number of aryl methyl sites for hydroxylation is 3. The third kappa shape index (κ3) is 3.87. The zero-order valence-corrected chi connectivity index (χ0v) is 17.3. The fourth-order valence-electron chi connectivity index (χ4n) is 3.55. The molecule has 0 unspecified atom stereocenters. The van der Waals surface area contributed by atoms with Gasteiger partial charge in [0, 0.05) is 10.3 Å². The van der Waals surface area contributed by atoms with E-state index in [4.69, 9.17) is 0 Å². The van der Waals surface area contributed by atoms with Gasteiger partial charge in [0.25, 0.3) is 0 Å². The number of nitrogens with zero attached hydrogens (tertiary/aromatic N) is 2. The molecular formula is C21H23N3OS2. The second kappa shape index (κ2) is 7.98. The predicted molar refractivity (Wildman–Crippen MR) is 113 cm³/mol. The summed E-state index contributed by atoms with van der Waals surface area (Å²) in [6.07, 6.45) is 6.11. The van der Waals surface area contributed by atoms with Crippen molar-refractivity contribution >= 4 is 39.2 Å². The summed E-state index contributed by atoms with van der Waals surface area (Å²) in [5.74, 6) is 0.402. The number of hydrogen-bond donors (Lipinski definition) is 1. The minimum Gasteiger partial charge on any atom is -0.349 e. The maximum absolute atomic E-state index is 12.5. The van der Waals surface area contributed by atoms with Crippen LogP contribution in [-0.4, -0.2) is 21.6 Å². The standard InChI is InChI=1S/C21H23N3OS2/c1-3-14-7-9-15(10-8-14)13(2)24-18(25)11-26-20-19-16-5-4-6-17(16)27-21(19)23-12-22-20/h7-10,12-13H,3-6,11H2,1-2H3,(H,24,25)/t13-/m1/s1. The number of amides is 1. The molecule has 27 heavy (non-hydrogen) atoms. The molecule has 0 saturated heterocycles. The van der Waals surface area contributed by atoms with Crippen LogP contribution in [-0.2, 0) is 24.1 Å². The van der Waals surface area contributed by atoms with Crippen molar-refractivity contribution in [1.29, 1.82) is 0 Å². The monoisotopic (exact) mass is 397 g/mol. The minimum atomic E-state index is -0.000168. The fraction of sp³-hybridized carbons (Fsp3) is 0.381. The van der Waals surface area contributed by atoms with Crippen molar-refractivity contribution in [3.8, 4) is 0 Å². The molecule has 1 N–H and O–H groups in total. The molecule has 2 aromatic heterocycles. The zero-order valence-electron chi connectivity index (χ0n) is 15.6. The lowest BCUT2D eigenvalue weighted by Crippen LogP contribution is -2.28. The van der Waals surface area contributed by atoms with Crippen molar-refractivity contribution in [2.45, 2.75) is 50.6 Å². The van der Waals surface area contributed by atoms with E-state index in [1.807, 2.05) is 6.92 Å². The summed E-state index contributed by atoms with van der Waals surface area (Å²) in [7, 11) is 0. The molecule has 1 amide bonds. The largest absolute Gasteiger partial charge is 0.349 e. The van der Waals surface area contributed by atoms with Gasteiger partial charge in [-0.25, -0.2) is 9.97 Å². The summed E-state index contributed by atoms with van der Waals surface area (Å²) in [5.41, 5.74) is 3.84. The third-order valence-electron chi connectivity index (χ3n) is 5.07.